The maximum Gasteiger partial charge on any atom is 0.282 e. The van der Waals surface area contributed by atoms with Crippen LogP contribution < -0.4 is 0 Å². The second kappa shape index (κ2) is 4.78. The van der Waals surface area contributed by atoms with Crippen LogP contribution in [0.1, 0.15) is 0 Å². The molecule has 0 saturated heterocycles. The molecule has 1 unspecified atom stereocenters. The van der Waals surface area contributed by atoms with Gasteiger partial charge in [-0.15, -0.1) is 0 Å². The van der Waals surface area contributed by atoms with Gasteiger partial charge in [-0.1, -0.05) is 36.5 Å². The first-order valence-corrected chi connectivity index (χ1v) is 4.74. The van der Waals surface area contributed by atoms with E-state index in [1.54, 1.807) is 18.2 Å². The van der Waals surface area contributed by atoms with E-state index in [9.17, 15) is 15.2 Å². The molecule has 4 nitrogen and oxygen atoms in total. The second-order valence-corrected chi connectivity index (χ2v) is 3.63. The number of hydrogen-bond donors (Lipinski definition) is 1. The molecule has 1 aromatic rings. The van der Waals surface area contributed by atoms with Crippen molar-refractivity contribution in [2.45, 2.75) is 10.3 Å². The number of thioether (sulfide) groups is 1. The van der Waals surface area contributed by atoms with E-state index in [1.165, 1.54) is 12.1 Å². The highest BCUT2D eigenvalue weighted by atomic mass is 32.2. The summed E-state index contributed by atoms with van der Waals surface area (Å²) in [5, 5.41) is 19.8. The molecule has 1 rings (SSSR count). The van der Waals surface area contributed by atoms with Crippen LogP contribution in [0, 0.1) is 10.1 Å². The van der Waals surface area contributed by atoms with Gasteiger partial charge in [0.25, 0.3) is 5.69 Å². The Balaban J connectivity index is 2.95. The Bertz CT molecular complexity index is 354. The molecule has 1 N–H and O–H groups in total. The predicted octanol–water partition coefficient (Wildman–Crippen LogP) is 2.19. The van der Waals surface area contributed by atoms with E-state index in [0.29, 0.717) is 4.90 Å². The highest BCUT2D eigenvalue weighted by Gasteiger charge is 2.14. The summed E-state index contributed by atoms with van der Waals surface area (Å²) in [6.07, 6.45) is 1.32. The minimum Gasteiger partial charge on any atom is -0.378 e. The first-order chi connectivity index (χ1) is 6.65. The van der Waals surface area contributed by atoms with Crippen molar-refractivity contribution in [3.63, 3.8) is 0 Å². The van der Waals surface area contributed by atoms with Gasteiger partial charge < -0.3 is 5.11 Å². The number of aliphatic hydroxyl groups is 1. The molecule has 0 aliphatic carbocycles. The fourth-order valence-electron chi connectivity index (χ4n) is 0.886. The van der Waals surface area contributed by atoms with Crippen LogP contribution >= 0.6 is 11.8 Å². The number of nitrogens with zero attached hydrogens (tertiary/aromatic N) is 1. The normalized spacial score (nSPS) is 12.1. The zero-order valence-electron chi connectivity index (χ0n) is 7.29. The van der Waals surface area contributed by atoms with Crippen molar-refractivity contribution < 1.29 is 10.0 Å². The van der Waals surface area contributed by atoms with Crippen molar-refractivity contribution in [2.75, 3.05) is 0 Å². The highest BCUT2D eigenvalue weighted by Crippen LogP contribution is 2.30. The Kier molecular flexibility index (Phi) is 3.67. The smallest absolute Gasteiger partial charge is 0.282 e. The lowest BCUT2D eigenvalue weighted by Gasteiger charge is -2.04. The third-order valence-electron chi connectivity index (χ3n) is 1.51. The van der Waals surface area contributed by atoms with Gasteiger partial charge in [-0.25, -0.2) is 0 Å². The maximum absolute atomic E-state index is 10.6. The molecule has 0 fully saturated rings. The summed E-state index contributed by atoms with van der Waals surface area (Å²) in [5.74, 6) is 0. The Morgan fingerprint density at radius 1 is 1.57 bits per heavy atom. The van der Waals surface area contributed by atoms with E-state index in [-0.39, 0.29) is 5.69 Å². The SMILES string of the molecule is C=CC(O)Sc1ccccc1[N+](=O)[O-]. The van der Waals surface area contributed by atoms with E-state index >= 15 is 0 Å². The molecule has 0 radical (unpaired) electrons. The Hall–Kier alpha value is -1.33. The van der Waals surface area contributed by atoms with E-state index in [2.05, 4.69) is 6.58 Å². The molecule has 0 spiro atoms. The molecule has 5 heteroatoms. The Labute approximate surface area is 85.4 Å². The predicted molar refractivity (Wildman–Crippen MR) is 55.2 cm³/mol. The monoisotopic (exact) mass is 211 g/mol. The van der Waals surface area contributed by atoms with Gasteiger partial charge >= 0.3 is 0 Å². The average molecular weight is 211 g/mol. The second-order valence-electron chi connectivity index (χ2n) is 2.47. The zero-order chi connectivity index (χ0) is 10.6. The lowest BCUT2D eigenvalue weighted by atomic mass is 10.3. The van der Waals surface area contributed by atoms with Crippen LogP contribution in [-0.2, 0) is 0 Å². The molecule has 1 atom stereocenters. The molecule has 74 valence electrons. The van der Waals surface area contributed by atoms with Crippen LogP contribution in [0.4, 0.5) is 5.69 Å². The van der Waals surface area contributed by atoms with Crippen LogP contribution in [-0.4, -0.2) is 15.5 Å². The third kappa shape index (κ3) is 2.58. The van der Waals surface area contributed by atoms with Crippen molar-refractivity contribution in [1.82, 2.24) is 0 Å². The van der Waals surface area contributed by atoms with Crippen molar-refractivity contribution in [1.29, 1.82) is 0 Å². The van der Waals surface area contributed by atoms with Gasteiger partial charge in [-0.3, -0.25) is 10.1 Å². The van der Waals surface area contributed by atoms with Crippen molar-refractivity contribution >= 4 is 17.4 Å². The molecule has 0 bridgehead atoms. The summed E-state index contributed by atoms with van der Waals surface area (Å²) < 4.78 is 0. The summed E-state index contributed by atoms with van der Waals surface area (Å²) in [6.45, 7) is 3.39. The molecular formula is C9H9NO3S. The molecule has 0 aromatic heterocycles. The molecule has 0 saturated carbocycles. The topological polar surface area (TPSA) is 63.4 Å². The summed E-state index contributed by atoms with van der Waals surface area (Å²) in [7, 11) is 0. The fraction of sp³-hybridized carbons (Fsp3) is 0.111. The minimum absolute atomic E-state index is 0.00148. The molecule has 0 heterocycles. The van der Waals surface area contributed by atoms with Crippen molar-refractivity contribution in [2.24, 2.45) is 0 Å². The first-order valence-electron chi connectivity index (χ1n) is 3.86. The summed E-state index contributed by atoms with van der Waals surface area (Å²) in [4.78, 5) is 10.5. The molecule has 0 amide bonds. The number of nitro groups is 1. The number of hydrogen-bond acceptors (Lipinski definition) is 4. The Morgan fingerprint density at radius 3 is 2.79 bits per heavy atom. The standard InChI is InChI=1S/C9H9NO3S/c1-2-9(11)14-8-6-4-3-5-7(8)10(12)13/h2-6,9,11H,1H2. The van der Waals surface area contributed by atoms with Gasteiger partial charge in [-0.2, -0.15) is 0 Å². The largest absolute Gasteiger partial charge is 0.378 e. The van der Waals surface area contributed by atoms with E-state index in [4.69, 9.17) is 0 Å². The number of nitro benzene ring substituents is 1. The summed E-state index contributed by atoms with van der Waals surface area (Å²) >= 11 is 0.994. The molecule has 1 aromatic carbocycles. The number of aliphatic hydroxyl groups excluding tert-OH is 1. The highest BCUT2D eigenvalue weighted by molar-refractivity contribution is 8.00. The van der Waals surface area contributed by atoms with Crippen molar-refractivity contribution in [3.05, 3.63) is 47.0 Å². The number of para-hydroxylation sites is 1. The number of rotatable bonds is 4. The Morgan fingerprint density at radius 2 is 2.21 bits per heavy atom. The van der Waals surface area contributed by atoms with Crippen LogP contribution in [0.15, 0.2) is 41.8 Å². The van der Waals surface area contributed by atoms with Gasteiger partial charge in [0, 0.05) is 6.07 Å². The van der Waals surface area contributed by atoms with Gasteiger partial charge in [0.15, 0.2) is 0 Å². The zero-order valence-corrected chi connectivity index (χ0v) is 8.11. The van der Waals surface area contributed by atoms with Gasteiger partial charge in [0.1, 0.15) is 5.44 Å². The van der Waals surface area contributed by atoms with Crippen LogP contribution in [0.5, 0.6) is 0 Å². The van der Waals surface area contributed by atoms with Gasteiger partial charge in [-0.05, 0) is 6.07 Å². The van der Waals surface area contributed by atoms with Crippen LogP contribution in [0.3, 0.4) is 0 Å². The van der Waals surface area contributed by atoms with E-state index in [0.717, 1.165) is 11.8 Å². The minimum atomic E-state index is -0.823. The van der Waals surface area contributed by atoms with Gasteiger partial charge in [0.2, 0.25) is 0 Å². The lowest BCUT2D eigenvalue weighted by molar-refractivity contribution is -0.387. The lowest BCUT2D eigenvalue weighted by Crippen LogP contribution is -1.96. The number of benzene rings is 1. The van der Waals surface area contributed by atoms with Crippen LogP contribution in [0.25, 0.3) is 0 Å². The molecular weight excluding hydrogens is 202 g/mol. The average Bonchev–Trinajstić information content (AvgIpc) is 2.18. The summed E-state index contributed by atoms with van der Waals surface area (Å²) in [6, 6.07) is 6.27. The molecule has 0 aliphatic rings. The fourth-order valence-corrected chi connectivity index (χ4v) is 1.66. The van der Waals surface area contributed by atoms with E-state index < -0.39 is 10.4 Å². The van der Waals surface area contributed by atoms with Gasteiger partial charge in [0.05, 0.1) is 9.82 Å². The first kappa shape index (κ1) is 10.7. The molecule has 14 heavy (non-hydrogen) atoms. The quantitative estimate of drug-likeness (QED) is 0.272. The third-order valence-corrected chi connectivity index (χ3v) is 2.54. The van der Waals surface area contributed by atoms with Crippen molar-refractivity contribution in [3.8, 4) is 0 Å². The van der Waals surface area contributed by atoms with Crippen LogP contribution in [0.2, 0.25) is 0 Å². The summed E-state index contributed by atoms with van der Waals surface area (Å²) in [5.41, 5.74) is -0.825. The molecule has 0 aliphatic heterocycles. The van der Waals surface area contributed by atoms with E-state index in [1.807, 2.05) is 0 Å². The maximum atomic E-state index is 10.6.